The lowest BCUT2D eigenvalue weighted by Crippen LogP contribution is -2.46. The maximum atomic E-state index is 11.5. The third kappa shape index (κ3) is 5.35. The molecule has 106 valence electrons. The van der Waals surface area contributed by atoms with E-state index in [0.717, 1.165) is 13.0 Å². The summed E-state index contributed by atoms with van der Waals surface area (Å²) in [5.74, 6) is -0.858. The Morgan fingerprint density at radius 3 is 2.17 bits per heavy atom. The molecule has 0 heterocycles. The minimum absolute atomic E-state index is 0.160. The molecule has 0 aromatic carbocycles. The molecule has 0 unspecified atom stereocenters. The molecule has 0 saturated heterocycles. The lowest BCUT2D eigenvalue weighted by Gasteiger charge is -2.26. The van der Waals surface area contributed by atoms with Gasteiger partial charge in [0.2, 0.25) is 0 Å². The Bertz CT molecular complexity index is 265. The number of hydrogen-bond acceptors (Lipinski definition) is 3. The summed E-state index contributed by atoms with van der Waals surface area (Å²) in [4.78, 5) is 22.7. The summed E-state index contributed by atoms with van der Waals surface area (Å²) < 4.78 is 0. The van der Waals surface area contributed by atoms with Gasteiger partial charge in [-0.15, -0.1) is 0 Å². The molecule has 6 heteroatoms. The van der Waals surface area contributed by atoms with Gasteiger partial charge < -0.3 is 21.1 Å². The summed E-state index contributed by atoms with van der Waals surface area (Å²) in [5.41, 5.74) is -0.859. The molecule has 4 N–H and O–H groups in total. The van der Waals surface area contributed by atoms with Crippen LogP contribution in [0.2, 0.25) is 0 Å². The molecule has 0 aliphatic rings. The van der Waals surface area contributed by atoms with Crippen LogP contribution in [-0.2, 0) is 4.79 Å². The van der Waals surface area contributed by atoms with Gasteiger partial charge in [0.1, 0.15) is 0 Å². The lowest BCUT2D eigenvalue weighted by molar-refractivity contribution is -0.149. The van der Waals surface area contributed by atoms with Gasteiger partial charge in [-0.2, -0.15) is 0 Å². The minimum atomic E-state index is -0.859. The van der Waals surface area contributed by atoms with Crippen molar-refractivity contribution in [2.24, 2.45) is 5.41 Å². The average molecular weight is 259 g/mol. The highest BCUT2D eigenvalue weighted by Gasteiger charge is 2.34. The Morgan fingerprint density at radius 2 is 1.72 bits per heavy atom. The molecule has 0 bridgehead atoms. The Labute approximate surface area is 109 Å². The van der Waals surface area contributed by atoms with Crippen LogP contribution in [0.15, 0.2) is 0 Å². The average Bonchev–Trinajstić information content (AvgIpc) is 2.36. The monoisotopic (exact) mass is 259 g/mol. The van der Waals surface area contributed by atoms with Crippen LogP contribution in [0, 0.1) is 5.41 Å². The zero-order valence-corrected chi connectivity index (χ0v) is 11.5. The van der Waals surface area contributed by atoms with E-state index in [0.29, 0.717) is 19.4 Å². The van der Waals surface area contributed by atoms with E-state index >= 15 is 0 Å². The number of urea groups is 1. The molecule has 0 spiro atoms. The zero-order chi connectivity index (χ0) is 14.0. The molecule has 0 rings (SSSR count). The summed E-state index contributed by atoms with van der Waals surface area (Å²) in [7, 11) is 1.85. The molecule has 0 aromatic rings. The van der Waals surface area contributed by atoms with Gasteiger partial charge in [-0.05, 0) is 32.9 Å². The van der Waals surface area contributed by atoms with Crippen LogP contribution < -0.4 is 16.0 Å². The van der Waals surface area contributed by atoms with Crippen LogP contribution in [0.1, 0.15) is 33.1 Å². The number of carboxylic acid groups (broad SMARTS) is 1. The van der Waals surface area contributed by atoms with E-state index < -0.39 is 11.4 Å². The highest BCUT2D eigenvalue weighted by molar-refractivity contribution is 5.78. The van der Waals surface area contributed by atoms with Crippen molar-refractivity contribution < 1.29 is 14.7 Å². The number of carbonyl (C=O) groups excluding carboxylic acids is 1. The van der Waals surface area contributed by atoms with E-state index in [4.69, 9.17) is 0 Å². The van der Waals surface area contributed by atoms with E-state index in [1.165, 1.54) is 0 Å². The molecular formula is C12H25N3O3. The predicted molar refractivity (Wildman–Crippen MR) is 70.6 cm³/mol. The van der Waals surface area contributed by atoms with Crippen LogP contribution in [0.4, 0.5) is 4.79 Å². The van der Waals surface area contributed by atoms with E-state index in [9.17, 15) is 14.7 Å². The number of nitrogens with one attached hydrogen (secondary N) is 3. The van der Waals surface area contributed by atoms with Crippen LogP contribution in [0.25, 0.3) is 0 Å². The summed E-state index contributed by atoms with van der Waals surface area (Å²) in [6.07, 6.45) is 1.84. The third-order valence-corrected chi connectivity index (χ3v) is 3.28. The van der Waals surface area contributed by atoms with Crippen molar-refractivity contribution in [2.75, 3.05) is 26.7 Å². The van der Waals surface area contributed by atoms with Crippen LogP contribution in [-0.4, -0.2) is 43.8 Å². The van der Waals surface area contributed by atoms with Gasteiger partial charge in [0, 0.05) is 13.1 Å². The lowest BCUT2D eigenvalue weighted by atomic mass is 9.82. The highest BCUT2D eigenvalue weighted by atomic mass is 16.4. The molecule has 0 aliphatic heterocycles. The zero-order valence-electron chi connectivity index (χ0n) is 11.5. The highest BCUT2D eigenvalue weighted by Crippen LogP contribution is 2.25. The van der Waals surface area contributed by atoms with Crippen molar-refractivity contribution in [1.82, 2.24) is 16.0 Å². The first-order valence-corrected chi connectivity index (χ1v) is 6.42. The number of carbonyl (C=O) groups is 2. The summed E-state index contributed by atoms with van der Waals surface area (Å²) in [6, 6.07) is -0.307. The summed E-state index contributed by atoms with van der Waals surface area (Å²) >= 11 is 0. The smallest absolute Gasteiger partial charge is 0.314 e. The second-order valence-electron chi connectivity index (χ2n) is 4.36. The Morgan fingerprint density at radius 1 is 1.11 bits per heavy atom. The van der Waals surface area contributed by atoms with Gasteiger partial charge in [-0.25, -0.2) is 4.79 Å². The molecule has 0 saturated carbocycles. The normalized spacial score (nSPS) is 11.1. The summed E-state index contributed by atoms with van der Waals surface area (Å²) in [6.45, 7) is 5.22. The minimum Gasteiger partial charge on any atom is -0.481 e. The van der Waals surface area contributed by atoms with E-state index in [2.05, 4.69) is 16.0 Å². The first-order valence-electron chi connectivity index (χ1n) is 6.42. The van der Waals surface area contributed by atoms with E-state index in [1.54, 1.807) is 0 Å². The maximum absolute atomic E-state index is 11.5. The fourth-order valence-electron chi connectivity index (χ4n) is 1.66. The van der Waals surface area contributed by atoms with Crippen molar-refractivity contribution in [3.05, 3.63) is 0 Å². The molecule has 6 nitrogen and oxygen atoms in total. The molecule has 0 atom stereocenters. The van der Waals surface area contributed by atoms with Crippen molar-refractivity contribution in [3.63, 3.8) is 0 Å². The standard InChI is InChI=1S/C12H25N3O3/c1-4-12(5-2,10(16)17)9-15-11(18)14-8-6-7-13-3/h13H,4-9H2,1-3H3,(H,16,17)(H2,14,15,18). The van der Waals surface area contributed by atoms with Crippen LogP contribution >= 0.6 is 0 Å². The Hall–Kier alpha value is -1.30. The molecule has 0 aliphatic carbocycles. The topological polar surface area (TPSA) is 90.5 Å². The third-order valence-electron chi connectivity index (χ3n) is 3.28. The van der Waals surface area contributed by atoms with Gasteiger partial charge in [0.25, 0.3) is 0 Å². The van der Waals surface area contributed by atoms with Crippen LogP contribution in [0.5, 0.6) is 0 Å². The molecule has 0 radical (unpaired) electrons. The number of amides is 2. The summed E-state index contributed by atoms with van der Waals surface area (Å²) in [5, 5.41) is 17.5. The number of hydrogen-bond donors (Lipinski definition) is 4. The van der Waals surface area contributed by atoms with Gasteiger partial charge in [0.15, 0.2) is 0 Å². The Balaban J connectivity index is 4.04. The largest absolute Gasteiger partial charge is 0.481 e. The van der Waals surface area contributed by atoms with Crippen molar-refractivity contribution in [3.8, 4) is 0 Å². The van der Waals surface area contributed by atoms with Gasteiger partial charge in [-0.1, -0.05) is 13.8 Å². The molecule has 18 heavy (non-hydrogen) atoms. The van der Waals surface area contributed by atoms with Gasteiger partial charge in [0.05, 0.1) is 5.41 Å². The fraction of sp³-hybridized carbons (Fsp3) is 0.833. The second-order valence-corrected chi connectivity index (χ2v) is 4.36. The number of carboxylic acids is 1. The van der Waals surface area contributed by atoms with Crippen molar-refractivity contribution >= 4 is 12.0 Å². The second kappa shape index (κ2) is 8.74. The fourth-order valence-corrected chi connectivity index (χ4v) is 1.66. The quantitative estimate of drug-likeness (QED) is 0.461. The first kappa shape index (κ1) is 16.7. The molecule has 0 aromatic heterocycles. The van der Waals surface area contributed by atoms with Gasteiger partial charge >= 0.3 is 12.0 Å². The molecular weight excluding hydrogens is 234 g/mol. The molecule has 0 fully saturated rings. The van der Waals surface area contributed by atoms with E-state index in [1.807, 2.05) is 20.9 Å². The first-order chi connectivity index (χ1) is 8.52. The SMILES string of the molecule is CCC(CC)(CNC(=O)NCCCNC)C(=O)O. The molecule has 2 amide bonds. The number of aliphatic carboxylic acids is 1. The van der Waals surface area contributed by atoms with Gasteiger partial charge in [-0.3, -0.25) is 4.79 Å². The van der Waals surface area contributed by atoms with Crippen molar-refractivity contribution in [2.45, 2.75) is 33.1 Å². The number of rotatable bonds is 9. The maximum Gasteiger partial charge on any atom is 0.314 e. The van der Waals surface area contributed by atoms with E-state index in [-0.39, 0.29) is 12.6 Å². The Kier molecular flexibility index (Phi) is 8.11. The van der Waals surface area contributed by atoms with Crippen molar-refractivity contribution in [1.29, 1.82) is 0 Å². The predicted octanol–water partition coefficient (Wildman–Crippen LogP) is 0.786. The van der Waals surface area contributed by atoms with Crippen LogP contribution in [0.3, 0.4) is 0 Å².